The molecular weight excluding hydrogens is 414 g/mol. The molecule has 3 aromatic rings. The highest BCUT2D eigenvalue weighted by atomic mass is 32.2. The minimum absolute atomic E-state index is 0.226. The molecular formula is C23H25N3O4S. The molecule has 31 heavy (non-hydrogen) atoms. The molecule has 7 nitrogen and oxygen atoms in total. The van der Waals surface area contributed by atoms with E-state index in [2.05, 4.69) is 10.6 Å². The highest BCUT2D eigenvalue weighted by Crippen LogP contribution is 2.23. The molecule has 0 aliphatic heterocycles. The maximum Gasteiger partial charge on any atom is 0.319 e. The standard InChI is InChI=1S/C23H25N3O4S/c1-30-21-15-13-19(14-16-21)25-23(27)24-17-8-18-26(20-9-4-2-5-10-20)31(28,29)22-11-6-3-7-12-22/h2-7,9-16H,8,17-18H2,1H3,(H2,24,25,27). The Labute approximate surface area is 182 Å². The molecule has 0 saturated heterocycles. The van der Waals surface area contributed by atoms with E-state index in [1.165, 1.54) is 4.31 Å². The van der Waals surface area contributed by atoms with Crippen LogP contribution in [0.25, 0.3) is 0 Å². The summed E-state index contributed by atoms with van der Waals surface area (Å²) in [6.45, 7) is 0.541. The van der Waals surface area contributed by atoms with Crippen LogP contribution >= 0.6 is 0 Å². The normalized spacial score (nSPS) is 10.9. The number of ether oxygens (including phenoxy) is 1. The lowest BCUT2D eigenvalue weighted by Gasteiger charge is -2.24. The number of methoxy groups -OCH3 is 1. The van der Waals surface area contributed by atoms with Gasteiger partial charge in [-0.05, 0) is 55.0 Å². The summed E-state index contributed by atoms with van der Waals surface area (Å²) in [5, 5.41) is 5.49. The van der Waals surface area contributed by atoms with Gasteiger partial charge in [0.15, 0.2) is 0 Å². The topological polar surface area (TPSA) is 87.7 Å². The van der Waals surface area contributed by atoms with Crippen LogP contribution in [0.5, 0.6) is 5.75 Å². The van der Waals surface area contributed by atoms with Gasteiger partial charge in [-0.3, -0.25) is 4.31 Å². The third-order valence-corrected chi connectivity index (χ3v) is 6.39. The van der Waals surface area contributed by atoms with E-state index in [4.69, 9.17) is 4.74 Å². The molecule has 2 N–H and O–H groups in total. The van der Waals surface area contributed by atoms with Gasteiger partial charge in [0.25, 0.3) is 10.0 Å². The molecule has 2 amide bonds. The van der Waals surface area contributed by atoms with E-state index < -0.39 is 10.0 Å². The quantitative estimate of drug-likeness (QED) is 0.492. The zero-order valence-corrected chi connectivity index (χ0v) is 18.0. The summed E-state index contributed by atoms with van der Waals surface area (Å²) in [5.41, 5.74) is 1.21. The number of urea groups is 1. The molecule has 162 valence electrons. The van der Waals surface area contributed by atoms with Gasteiger partial charge in [-0.2, -0.15) is 0 Å². The number of carbonyl (C=O) groups excluding carboxylic acids is 1. The predicted molar refractivity (Wildman–Crippen MR) is 122 cm³/mol. The van der Waals surface area contributed by atoms with Crippen LogP contribution in [-0.2, 0) is 10.0 Å². The first-order chi connectivity index (χ1) is 15.0. The second kappa shape index (κ2) is 10.5. The van der Waals surface area contributed by atoms with Crippen molar-refractivity contribution >= 4 is 27.4 Å². The Morgan fingerprint density at radius 2 is 1.52 bits per heavy atom. The summed E-state index contributed by atoms with van der Waals surface area (Å²) in [7, 11) is -2.14. The van der Waals surface area contributed by atoms with Crippen molar-refractivity contribution in [2.45, 2.75) is 11.3 Å². The highest BCUT2D eigenvalue weighted by Gasteiger charge is 2.24. The molecule has 0 radical (unpaired) electrons. The summed E-state index contributed by atoms with van der Waals surface area (Å²) in [6.07, 6.45) is 0.441. The predicted octanol–water partition coefficient (Wildman–Crippen LogP) is 4.10. The van der Waals surface area contributed by atoms with Crippen molar-refractivity contribution in [3.05, 3.63) is 84.9 Å². The molecule has 8 heteroatoms. The van der Waals surface area contributed by atoms with Crippen LogP contribution in [0.1, 0.15) is 6.42 Å². The van der Waals surface area contributed by atoms with E-state index in [1.807, 2.05) is 6.07 Å². The van der Waals surface area contributed by atoms with E-state index >= 15 is 0 Å². The number of para-hydroxylation sites is 1. The van der Waals surface area contributed by atoms with Crippen LogP contribution in [0.15, 0.2) is 89.8 Å². The molecule has 0 fully saturated rings. The lowest BCUT2D eigenvalue weighted by Crippen LogP contribution is -2.35. The van der Waals surface area contributed by atoms with Gasteiger partial charge in [0, 0.05) is 18.8 Å². The monoisotopic (exact) mass is 439 g/mol. The van der Waals surface area contributed by atoms with E-state index in [1.54, 1.807) is 86.0 Å². The van der Waals surface area contributed by atoms with Gasteiger partial charge < -0.3 is 15.4 Å². The maximum atomic E-state index is 13.2. The fourth-order valence-corrected chi connectivity index (χ4v) is 4.50. The van der Waals surface area contributed by atoms with Gasteiger partial charge >= 0.3 is 6.03 Å². The van der Waals surface area contributed by atoms with Gasteiger partial charge in [0.05, 0.1) is 17.7 Å². The van der Waals surface area contributed by atoms with Crippen molar-refractivity contribution in [3.8, 4) is 5.75 Å². The van der Waals surface area contributed by atoms with Crippen LogP contribution in [-0.4, -0.2) is 34.6 Å². The SMILES string of the molecule is COc1ccc(NC(=O)NCCCN(c2ccccc2)S(=O)(=O)c2ccccc2)cc1. The van der Waals surface area contributed by atoms with Gasteiger partial charge in [-0.15, -0.1) is 0 Å². The van der Waals surface area contributed by atoms with Gasteiger partial charge in [-0.1, -0.05) is 36.4 Å². The number of nitrogens with zero attached hydrogens (tertiary/aromatic N) is 1. The third-order valence-electron chi connectivity index (χ3n) is 4.55. The first kappa shape index (κ1) is 22.2. The number of rotatable bonds is 9. The van der Waals surface area contributed by atoms with E-state index in [9.17, 15) is 13.2 Å². The Balaban J connectivity index is 1.60. The molecule has 0 atom stereocenters. The Bertz CT molecular complexity index is 1070. The first-order valence-corrected chi connectivity index (χ1v) is 11.3. The molecule has 0 heterocycles. The van der Waals surface area contributed by atoms with Gasteiger partial charge in [0.2, 0.25) is 0 Å². The summed E-state index contributed by atoms with van der Waals surface area (Å²) >= 11 is 0. The number of carbonyl (C=O) groups is 1. The van der Waals surface area contributed by atoms with Gasteiger partial charge in [0.1, 0.15) is 5.75 Å². The molecule has 0 aliphatic carbocycles. The van der Waals surface area contributed by atoms with Crippen molar-refractivity contribution < 1.29 is 17.9 Å². The molecule has 0 spiro atoms. The highest BCUT2D eigenvalue weighted by molar-refractivity contribution is 7.92. The van der Waals surface area contributed by atoms with Crippen molar-refractivity contribution in [2.75, 3.05) is 29.8 Å². The molecule has 0 saturated carbocycles. The van der Waals surface area contributed by atoms with Crippen molar-refractivity contribution in [3.63, 3.8) is 0 Å². The first-order valence-electron chi connectivity index (χ1n) is 9.82. The second-order valence-corrected chi connectivity index (χ2v) is 8.55. The Morgan fingerprint density at radius 3 is 2.13 bits per heavy atom. The fraction of sp³-hybridized carbons (Fsp3) is 0.174. The summed E-state index contributed by atoms with van der Waals surface area (Å²) in [4.78, 5) is 12.3. The minimum atomic E-state index is -3.72. The minimum Gasteiger partial charge on any atom is -0.497 e. The molecule has 3 rings (SSSR count). The lowest BCUT2D eigenvalue weighted by atomic mass is 10.3. The number of sulfonamides is 1. The fourth-order valence-electron chi connectivity index (χ4n) is 2.98. The number of hydrogen-bond acceptors (Lipinski definition) is 4. The molecule has 0 aromatic heterocycles. The van der Waals surface area contributed by atoms with Crippen LogP contribution in [0.2, 0.25) is 0 Å². The third kappa shape index (κ3) is 5.99. The maximum absolute atomic E-state index is 13.2. The van der Waals surface area contributed by atoms with Gasteiger partial charge in [-0.25, -0.2) is 13.2 Å². The molecule has 0 aliphatic rings. The Hall–Kier alpha value is -3.52. The zero-order valence-electron chi connectivity index (χ0n) is 17.2. The van der Waals surface area contributed by atoms with Crippen molar-refractivity contribution in [2.24, 2.45) is 0 Å². The average molecular weight is 440 g/mol. The Kier molecular flexibility index (Phi) is 7.50. The zero-order chi connectivity index (χ0) is 22.1. The van der Waals surface area contributed by atoms with Crippen LogP contribution in [0.4, 0.5) is 16.2 Å². The average Bonchev–Trinajstić information content (AvgIpc) is 2.80. The van der Waals surface area contributed by atoms with Crippen LogP contribution in [0.3, 0.4) is 0 Å². The molecule has 3 aromatic carbocycles. The van der Waals surface area contributed by atoms with Crippen LogP contribution < -0.4 is 19.7 Å². The molecule has 0 bridgehead atoms. The summed E-state index contributed by atoms with van der Waals surface area (Å²) in [5.74, 6) is 0.701. The largest absolute Gasteiger partial charge is 0.497 e. The smallest absolute Gasteiger partial charge is 0.319 e. The summed E-state index contributed by atoms with van der Waals surface area (Å²) < 4.78 is 32.8. The van der Waals surface area contributed by atoms with Crippen LogP contribution in [0, 0.1) is 0 Å². The number of hydrogen-bond donors (Lipinski definition) is 2. The van der Waals surface area contributed by atoms with Crippen molar-refractivity contribution in [1.82, 2.24) is 5.32 Å². The number of benzene rings is 3. The van der Waals surface area contributed by atoms with E-state index in [0.717, 1.165) is 0 Å². The molecule has 0 unspecified atom stereocenters. The summed E-state index contributed by atoms with van der Waals surface area (Å²) in [6, 6.07) is 23.9. The van der Waals surface area contributed by atoms with E-state index in [-0.39, 0.29) is 17.5 Å². The number of anilines is 2. The number of nitrogens with one attached hydrogen (secondary N) is 2. The number of amides is 2. The Morgan fingerprint density at radius 1 is 0.903 bits per heavy atom. The van der Waals surface area contributed by atoms with E-state index in [0.29, 0.717) is 30.1 Å². The second-order valence-electron chi connectivity index (χ2n) is 6.69. The van der Waals surface area contributed by atoms with Crippen molar-refractivity contribution in [1.29, 1.82) is 0 Å². The lowest BCUT2D eigenvalue weighted by molar-refractivity contribution is 0.252.